The SMILES string of the molecule is COc1cc(Br)c(CON)c(OC)c1. The van der Waals surface area contributed by atoms with Gasteiger partial charge in [-0.3, -0.25) is 4.84 Å². The fourth-order valence-corrected chi connectivity index (χ4v) is 1.65. The third-order valence-electron chi connectivity index (χ3n) is 1.81. The summed E-state index contributed by atoms with van der Waals surface area (Å²) in [6, 6.07) is 3.61. The molecule has 0 amide bonds. The normalized spacial score (nSPS) is 10.0. The van der Waals surface area contributed by atoms with Crippen molar-refractivity contribution in [2.45, 2.75) is 6.61 Å². The van der Waals surface area contributed by atoms with Crippen molar-refractivity contribution in [2.24, 2.45) is 5.90 Å². The van der Waals surface area contributed by atoms with E-state index >= 15 is 0 Å². The van der Waals surface area contributed by atoms with Gasteiger partial charge in [-0.15, -0.1) is 0 Å². The highest BCUT2D eigenvalue weighted by molar-refractivity contribution is 9.10. The molecule has 0 fully saturated rings. The first kappa shape index (κ1) is 11.3. The van der Waals surface area contributed by atoms with Crippen molar-refractivity contribution in [3.05, 3.63) is 22.2 Å². The van der Waals surface area contributed by atoms with Crippen molar-refractivity contribution < 1.29 is 14.3 Å². The predicted molar refractivity (Wildman–Crippen MR) is 56.2 cm³/mol. The minimum absolute atomic E-state index is 0.285. The molecule has 4 nitrogen and oxygen atoms in total. The maximum absolute atomic E-state index is 5.18. The van der Waals surface area contributed by atoms with Crippen molar-refractivity contribution in [3.63, 3.8) is 0 Å². The fraction of sp³-hybridized carbons (Fsp3) is 0.333. The maximum Gasteiger partial charge on any atom is 0.129 e. The summed E-state index contributed by atoms with van der Waals surface area (Å²) in [5.41, 5.74) is 0.857. The van der Waals surface area contributed by atoms with Crippen LogP contribution in [0.1, 0.15) is 5.56 Å². The molecule has 78 valence electrons. The van der Waals surface area contributed by atoms with E-state index in [2.05, 4.69) is 20.8 Å². The van der Waals surface area contributed by atoms with Gasteiger partial charge in [0.25, 0.3) is 0 Å². The van der Waals surface area contributed by atoms with Crippen LogP contribution in [0.25, 0.3) is 0 Å². The van der Waals surface area contributed by atoms with E-state index in [1.165, 1.54) is 0 Å². The second-order valence-electron chi connectivity index (χ2n) is 2.60. The van der Waals surface area contributed by atoms with Crippen molar-refractivity contribution in [1.82, 2.24) is 0 Å². The molecule has 1 rings (SSSR count). The van der Waals surface area contributed by atoms with Crippen LogP contribution in [0, 0.1) is 0 Å². The Bertz CT molecular complexity index is 317. The molecule has 0 aliphatic rings. The monoisotopic (exact) mass is 261 g/mol. The zero-order valence-corrected chi connectivity index (χ0v) is 9.63. The first-order chi connectivity index (χ1) is 6.72. The van der Waals surface area contributed by atoms with Gasteiger partial charge in [0.2, 0.25) is 0 Å². The summed E-state index contributed by atoms with van der Waals surface area (Å²) >= 11 is 3.39. The summed E-state index contributed by atoms with van der Waals surface area (Å²) < 4.78 is 11.1. The summed E-state index contributed by atoms with van der Waals surface area (Å²) in [7, 11) is 3.18. The molecule has 0 saturated carbocycles. The second kappa shape index (κ2) is 5.19. The molecule has 0 radical (unpaired) electrons. The molecule has 1 aromatic rings. The Morgan fingerprint density at radius 2 is 2.00 bits per heavy atom. The van der Waals surface area contributed by atoms with Crippen molar-refractivity contribution in [2.75, 3.05) is 14.2 Å². The molecule has 14 heavy (non-hydrogen) atoms. The second-order valence-corrected chi connectivity index (χ2v) is 3.46. The van der Waals surface area contributed by atoms with Crippen LogP contribution in [0.15, 0.2) is 16.6 Å². The molecule has 2 N–H and O–H groups in total. The van der Waals surface area contributed by atoms with E-state index in [-0.39, 0.29) is 6.61 Å². The topological polar surface area (TPSA) is 53.7 Å². The number of rotatable bonds is 4. The van der Waals surface area contributed by atoms with Crippen LogP contribution in [0.4, 0.5) is 0 Å². The van der Waals surface area contributed by atoms with Crippen molar-refractivity contribution in [1.29, 1.82) is 0 Å². The summed E-state index contributed by atoms with van der Waals surface area (Å²) in [6.45, 7) is 0.285. The lowest BCUT2D eigenvalue weighted by atomic mass is 10.2. The van der Waals surface area contributed by atoms with E-state index in [9.17, 15) is 0 Å². The zero-order chi connectivity index (χ0) is 10.6. The lowest BCUT2D eigenvalue weighted by molar-refractivity contribution is 0.121. The number of nitrogens with two attached hydrogens (primary N) is 1. The molecular formula is C9H12BrNO3. The van der Waals surface area contributed by atoms with Crippen LogP contribution in [0.3, 0.4) is 0 Å². The largest absolute Gasteiger partial charge is 0.497 e. The molecule has 1 aromatic carbocycles. The Kier molecular flexibility index (Phi) is 4.19. The Balaban J connectivity index is 3.13. The zero-order valence-electron chi connectivity index (χ0n) is 8.04. The molecule has 0 aromatic heterocycles. The van der Waals surface area contributed by atoms with E-state index in [4.69, 9.17) is 15.4 Å². The summed E-state index contributed by atoms with van der Waals surface area (Å²) in [5, 5.41) is 0. The van der Waals surface area contributed by atoms with Gasteiger partial charge in [-0.05, 0) is 6.07 Å². The van der Waals surface area contributed by atoms with Gasteiger partial charge in [0.15, 0.2) is 0 Å². The predicted octanol–water partition coefficient (Wildman–Crippen LogP) is 1.86. The van der Waals surface area contributed by atoms with Crippen LogP contribution in [-0.4, -0.2) is 14.2 Å². The van der Waals surface area contributed by atoms with Crippen LogP contribution in [-0.2, 0) is 11.4 Å². The van der Waals surface area contributed by atoms with E-state index in [0.29, 0.717) is 5.75 Å². The van der Waals surface area contributed by atoms with Crippen LogP contribution >= 0.6 is 15.9 Å². The van der Waals surface area contributed by atoms with Gasteiger partial charge in [0.1, 0.15) is 11.5 Å². The number of ether oxygens (including phenoxy) is 2. The lowest BCUT2D eigenvalue weighted by Gasteiger charge is -2.11. The molecule has 0 heterocycles. The quantitative estimate of drug-likeness (QED) is 0.841. The molecule has 5 heteroatoms. The summed E-state index contributed by atoms with van der Waals surface area (Å²) in [4.78, 5) is 4.57. The van der Waals surface area contributed by atoms with Gasteiger partial charge in [-0.1, -0.05) is 15.9 Å². The van der Waals surface area contributed by atoms with Crippen molar-refractivity contribution in [3.8, 4) is 11.5 Å². The smallest absolute Gasteiger partial charge is 0.129 e. The molecule has 0 aliphatic heterocycles. The highest BCUT2D eigenvalue weighted by Crippen LogP contribution is 2.32. The summed E-state index contributed by atoms with van der Waals surface area (Å²) in [6.07, 6.45) is 0. The Labute approximate surface area is 91.0 Å². The molecular weight excluding hydrogens is 250 g/mol. The molecule has 0 aliphatic carbocycles. The van der Waals surface area contributed by atoms with E-state index in [0.717, 1.165) is 15.8 Å². The number of hydrogen-bond donors (Lipinski definition) is 1. The van der Waals surface area contributed by atoms with Gasteiger partial charge in [-0.2, -0.15) is 0 Å². The molecule has 0 atom stereocenters. The van der Waals surface area contributed by atoms with E-state index in [1.807, 2.05) is 6.07 Å². The van der Waals surface area contributed by atoms with E-state index < -0.39 is 0 Å². The average Bonchev–Trinajstić information content (AvgIpc) is 2.20. The standard InChI is InChI=1S/C9H12BrNO3/c1-12-6-3-8(10)7(5-14-11)9(4-6)13-2/h3-4H,5,11H2,1-2H3. The van der Waals surface area contributed by atoms with Gasteiger partial charge in [-0.25, -0.2) is 5.90 Å². The summed E-state index contributed by atoms with van der Waals surface area (Å²) in [5.74, 6) is 6.42. The third kappa shape index (κ3) is 2.37. The molecule has 0 spiro atoms. The Morgan fingerprint density at radius 1 is 1.29 bits per heavy atom. The molecule has 0 saturated heterocycles. The van der Waals surface area contributed by atoms with Crippen LogP contribution in [0.2, 0.25) is 0 Å². The Hall–Kier alpha value is -0.780. The molecule has 0 bridgehead atoms. The minimum Gasteiger partial charge on any atom is -0.497 e. The Morgan fingerprint density at radius 3 is 2.50 bits per heavy atom. The number of hydrogen-bond acceptors (Lipinski definition) is 4. The highest BCUT2D eigenvalue weighted by Gasteiger charge is 2.10. The number of benzene rings is 1. The highest BCUT2D eigenvalue weighted by atomic mass is 79.9. The van der Waals surface area contributed by atoms with Gasteiger partial charge < -0.3 is 9.47 Å². The first-order valence-electron chi connectivity index (χ1n) is 3.95. The van der Waals surface area contributed by atoms with Gasteiger partial charge >= 0.3 is 0 Å². The van der Waals surface area contributed by atoms with Gasteiger partial charge in [0.05, 0.1) is 20.8 Å². The van der Waals surface area contributed by atoms with Gasteiger partial charge in [0, 0.05) is 16.1 Å². The first-order valence-corrected chi connectivity index (χ1v) is 4.74. The maximum atomic E-state index is 5.18. The third-order valence-corrected chi connectivity index (χ3v) is 2.52. The molecule has 0 unspecified atom stereocenters. The van der Waals surface area contributed by atoms with Crippen LogP contribution in [0.5, 0.6) is 11.5 Å². The van der Waals surface area contributed by atoms with E-state index in [1.54, 1.807) is 20.3 Å². The minimum atomic E-state index is 0.285. The fourth-order valence-electron chi connectivity index (χ4n) is 1.11. The van der Waals surface area contributed by atoms with Crippen LogP contribution < -0.4 is 15.4 Å². The number of methoxy groups -OCH3 is 2. The average molecular weight is 262 g/mol. The number of halogens is 1. The lowest BCUT2D eigenvalue weighted by Crippen LogP contribution is -2.02. The van der Waals surface area contributed by atoms with Crippen molar-refractivity contribution >= 4 is 15.9 Å².